The Morgan fingerprint density at radius 1 is 0.630 bits per heavy atom. The Hall–Kier alpha value is -0.790. The number of nitrogens with zero attached hydrogens (tertiary/aromatic N) is 1. The van der Waals surface area contributed by atoms with Gasteiger partial charge < -0.3 is 4.98 Å². The third-order valence-corrected chi connectivity index (χ3v) is 6.38. The summed E-state index contributed by atoms with van der Waals surface area (Å²) in [7, 11) is 0. The molecule has 27 heavy (non-hydrogen) atoms. The van der Waals surface area contributed by atoms with E-state index in [0.29, 0.717) is 0 Å². The molecule has 0 saturated carbocycles. The Morgan fingerprint density at radius 3 is 1.63 bits per heavy atom. The molecule has 1 aromatic rings. The molecule has 0 bridgehead atoms. The molecule has 0 aromatic carbocycles. The van der Waals surface area contributed by atoms with Crippen molar-refractivity contribution in [1.29, 1.82) is 0 Å². The van der Waals surface area contributed by atoms with E-state index in [1.165, 1.54) is 81.4 Å². The molecular weight excluding hydrogens is 328 g/mol. The first-order chi connectivity index (χ1) is 12.5. The molecule has 1 aromatic heterocycles. The van der Waals surface area contributed by atoms with Crippen LogP contribution in [-0.4, -0.2) is 9.97 Å². The highest BCUT2D eigenvalue weighted by Gasteiger charge is 2.36. The fourth-order valence-corrected chi connectivity index (χ4v) is 4.09. The zero-order valence-corrected chi connectivity index (χ0v) is 20.0. The highest BCUT2D eigenvalue weighted by molar-refractivity contribution is 5.31. The zero-order valence-electron chi connectivity index (χ0n) is 20.0. The average Bonchev–Trinajstić information content (AvgIpc) is 3.07. The maximum atomic E-state index is 5.30. The molecule has 0 aliphatic heterocycles. The lowest BCUT2D eigenvalue weighted by molar-refractivity contribution is 0.401. The summed E-state index contributed by atoms with van der Waals surface area (Å²) in [6, 6.07) is 0. The first-order valence-corrected chi connectivity index (χ1v) is 11.6. The minimum Gasteiger partial charge on any atom is -0.345 e. The van der Waals surface area contributed by atoms with Crippen molar-refractivity contribution in [3.05, 3.63) is 17.2 Å². The number of aromatic nitrogens is 2. The lowest BCUT2D eigenvalue weighted by Gasteiger charge is -2.30. The number of imidazole rings is 1. The second-order valence-corrected chi connectivity index (χ2v) is 10.6. The predicted octanol–water partition coefficient (Wildman–Crippen LogP) is 8.20. The Bertz CT molecular complexity index is 549. The molecule has 0 spiro atoms. The Balaban J connectivity index is 3.32. The van der Waals surface area contributed by atoms with Crippen LogP contribution in [0.4, 0.5) is 0 Å². The van der Waals surface area contributed by atoms with Gasteiger partial charge in [0.05, 0.1) is 5.69 Å². The van der Waals surface area contributed by atoms with Gasteiger partial charge in [-0.1, -0.05) is 107 Å². The molecule has 158 valence electrons. The molecule has 0 aliphatic carbocycles. The smallest absolute Gasteiger partial charge is 0.112 e. The molecular formula is C25H48N2. The molecule has 0 radical (unpaired) electrons. The van der Waals surface area contributed by atoms with Crippen molar-refractivity contribution >= 4 is 0 Å². The van der Waals surface area contributed by atoms with Crippen LogP contribution in [0.2, 0.25) is 0 Å². The average molecular weight is 377 g/mol. The molecule has 0 amide bonds. The molecule has 1 rings (SSSR count). The fraction of sp³-hybridized carbons (Fsp3) is 0.880. The normalized spacial score (nSPS) is 13.4. The van der Waals surface area contributed by atoms with Gasteiger partial charge in [-0.05, 0) is 19.3 Å². The van der Waals surface area contributed by atoms with Crippen molar-refractivity contribution in [3.63, 3.8) is 0 Å². The van der Waals surface area contributed by atoms with E-state index in [-0.39, 0.29) is 16.2 Å². The van der Waals surface area contributed by atoms with Gasteiger partial charge in [0.1, 0.15) is 5.82 Å². The van der Waals surface area contributed by atoms with E-state index in [4.69, 9.17) is 4.98 Å². The standard InChI is InChI=1S/C25H48N2/c1-10-13-16-19-24(6,7)21-20(23(4,5)17-14-11-2)26-22(27-21)25(8,9)18-15-12-3/h10-19H2,1-9H3,(H,26,27). The highest BCUT2D eigenvalue weighted by Crippen LogP contribution is 2.40. The summed E-state index contributed by atoms with van der Waals surface area (Å²) in [4.78, 5) is 9.17. The first-order valence-electron chi connectivity index (χ1n) is 11.6. The quantitative estimate of drug-likeness (QED) is 0.345. The molecule has 0 unspecified atom stereocenters. The van der Waals surface area contributed by atoms with Crippen molar-refractivity contribution in [1.82, 2.24) is 9.97 Å². The topological polar surface area (TPSA) is 28.7 Å². The van der Waals surface area contributed by atoms with Crippen LogP contribution in [0, 0.1) is 0 Å². The minimum atomic E-state index is 0.114. The van der Waals surface area contributed by atoms with Crippen LogP contribution >= 0.6 is 0 Å². The fourth-order valence-electron chi connectivity index (χ4n) is 4.09. The highest BCUT2D eigenvalue weighted by atomic mass is 15.0. The van der Waals surface area contributed by atoms with Crippen LogP contribution in [0.1, 0.15) is 144 Å². The van der Waals surface area contributed by atoms with Gasteiger partial charge in [0.15, 0.2) is 0 Å². The first kappa shape index (κ1) is 24.2. The number of aromatic amines is 1. The Kier molecular flexibility index (Phi) is 9.09. The Morgan fingerprint density at radius 2 is 1.11 bits per heavy atom. The molecule has 0 atom stereocenters. The number of rotatable bonds is 13. The van der Waals surface area contributed by atoms with Gasteiger partial charge >= 0.3 is 0 Å². The van der Waals surface area contributed by atoms with Crippen LogP contribution in [0.3, 0.4) is 0 Å². The molecule has 0 aliphatic rings. The summed E-state index contributed by atoms with van der Waals surface area (Å²) in [5.41, 5.74) is 3.13. The van der Waals surface area contributed by atoms with Gasteiger partial charge in [0, 0.05) is 21.9 Å². The third-order valence-electron chi connectivity index (χ3n) is 6.38. The van der Waals surface area contributed by atoms with Gasteiger partial charge in [-0.2, -0.15) is 0 Å². The van der Waals surface area contributed by atoms with Crippen LogP contribution in [0.15, 0.2) is 0 Å². The van der Waals surface area contributed by atoms with Crippen LogP contribution < -0.4 is 0 Å². The van der Waals surface area contributed by atoms with Gasteiger partial charge in [-0.3, -0.25) is 0 Å². The second kappa shape index (κ2) is 10.1. The molecule has 0 saturated heterocycles. The van der Waals surface area contributed by atoms with E-state index >= 15 is 0 Å². The summed E-state index contributed by atoms with van der Waals surface area (Å²) < 4.78 is 0. The van der Waals surface area contributed by atoms with Crippen molar-refractivity contribution < 1.29 is 0 Å². The number of hydrogen-bond donors (Lipinski definition) is 1. The molecule has 1 N–H and O–H groups in total. The van der Waals surface area contributed by atoms with E-state index < -0.39 is 0 Å². The lowest BCUT2D eigenvalue weighted by Crippen LogP contribution is -2.26. The van der Waals surface area contributed by atoms with Crippen LogP contribution in [0.25, 0.3) is 0 Å². The monoisotopic (exact) mass is 376 g/mol. The van der Waals surface area contributed by atoms with Gasteiger partial charge in [-0.15, -0.1) is 0 Å². The van der Waals surface area contributed by atoms with E-state index in [1.54, 1.807) is 0 Å². The van der Waals surface area contributed by atoms with E-state index in [2.05, 4.69) is 67.3 Å². The summed E-state index contributed by atoms with van der Waals surface area (Å²) in [6.07, 6.45) is 12.6. The van der Waals surface area contributed by atoms with Gasteiger partial charge in [0.25, 0.3) is 0 Å². The summed E-state index contributed by atoms with van der Waals surface area (Å²) in [5.74, 6) is 1.20. The lowest BCUT2D eigenvalue weighted by atomic mass is 9.75. The third kappa shape index (κ3) is 6.64. The minimum absolute atomic E-state index is 0.114. The maximum absolute atomic E-state index is 5.30. The number of nitrogens with one attached hydrogen (secondary N) is 1. The SMILES string of the molecule is CCCCCC(C)(C)c1[nH]c(C(C)(C)CCCC)nc1C(C)(C)CCCC. The van der Waals surface area contributed by atoms with E-state index in [0.717, 1.165) is 0 Å². The predicted molar refractivity (Wildman–Crippen MR) is 121 cm³/mol. The Labute approximate surface area is 170 Å². The van der Waals surface area contributed by atoms with Crippen molar-refractivity contribution in [2.24, 2.45) is 0 Å². The zero-order chi connectivity index (χ0) is 20.7. The van der Waals surface area contributed by atoms with Gasteiger partial charge in [0.2, 0.25) is 0 Å². The van der Waals surface area contributed by atoms with Gasteiger partial charge in [-0.25, -0.2) is 4.98 Å². The summed E-state index contributed by atoms with van der Waals surface area (Å²) in [5, 5.41) is 0. The largest absolute Gasteiger partial charge is 0.345 e. The van der Waals surface area contributed by atoms with Crippen LogP contribution in [-0.2, 0) is 16.2 Å². The van der Waals surface area contributed by atoms with E-state index in [1.807, 2.05) is 0 Å². The summed E-state index contributed by atoms with van der Waals surface area (Å²) >= 11 is 0. The second-order valence-electron chi connectivity index (χ2n) is 10.6. The molecule has 0 fully saturated rings. The number of H-pyrrole nitrogens is 1. The molecule has 2 nitrogen and oxygen atoms in total. The molecule has 2 heteroatoms. The van der Waals surface area contributed by atoms with Crippen molar-refractivity contribution in [3.8, 4) is 0 Å². The summed E-state index contributed by atoms with van der Waals surface area (Å²) in [6.45, 7) is 21.2. The van der Waals surface area contributed by atoms with Crippen molar-refractivity contribution in [2.75, 3.05) is 0 Å². The van der Waals surface area contributed by atoms with E-state index in [9.17, 15) is 0 Å². The number of unbranched alkanes of at least 4 members (excludes halogenated alkanes) is 4. The van der Waals surface area contributed by atoms with Crippen LogP contribution in [0.5, 0.6) is 0 Å². The number of hydrogen-bond acceptors (Lipinski definition) is 1. The van der Waals surface area contributed by atoms with Crippen molar-refractivity contribution in [2.45, 2.75) is 143 Å². The maximum Gasteiger partial charge on any atom is 0.112 e. The molecule has 1 heterocycles.